The van der Waals surface area contributed by atoms with Gasteiger partial charge in [0.15, 0.2) is 19.6 Å². The van der Waals surface area contributed by atoms with Crippen molar-refractivity contribution in [3.05, 3.63) is 205 Å². The topological polar surface area (TPSA) is 21.7 Å². The maximum atomic E-state index is 6.58. The number of anilines is 3. The van der Waals surface area contributed by atoms with Crippen LogP contribution in [0.15, 0.2) is 194 Å². The Morgan fingerprint density at radius 1 is 0.446 bits per heavy atom. The van der Waals surface area contributed by atoms with Crippen molar-refractivity contribution >= 4 is 69.7 Å². The Kier molecular flexibility index (Phi) is 7.51. The van der Waals surface area contributed by atoms with Gasteiger partial charge in [0.1, 0.15) is 11.5 Å². The Hall–Kier alpha value is -6.19. The fraction of sp³-hybridized carbons (Fsp3) is 0.0588. The summed E-state index contributed by atoms with van der Waals surface area (Å²) in [7, 11) is -3.86. The Morgan fingerprint density at radius 3 is 1.68 bits per heavy atom. The first-order valence-corrected chi connectivity index (χ1v) is 22.6. The largest absolute Gasteiger partial charge is 0.457 e. The Bertz CT molecular complexity index is 2730. The second-order valence-electron chi connectivity index (χ2n) is 15.3. The molecule has 0 amide bonds. The number of benzene rings is 8. The Balaban J connectivity index is 1.21. The van der Waals surface area contributed by atoms with E-state index in [2.05, 4.69) is 201 Å². The van der Waals surface area contributed by atoms with Crippen LogP contribution in [0.5, 0.6) is 23.0 Å². The van der Waals surface area contributed by atoms with E-state index in [-0.39, 0.29) is 5.41 Å². The molecule has 56 heavy (non-hydrogen) atoms. The summed E-state index contributed by atoms with van der Waals surface area (Å²) in [5.74, 6) is 3.59. The standard InChI is InChI=1S/C51H38NO2PSi/c1-51(2)39-21-9-12-24-43(39)53-44-31-30-36(34-40(44)51)55-47-27-15-16-28-49(47)56(37-17-5-3-6-18-37,38-19-7-4-8-20-38)50-33-35(29-32-48(50)55)52-41-22-10-13-25-45(41)54-46-26-14-11-23-42(46)52/h3-34H,1-2H3. The molecule has 1 atom stereocenters. The summed E-state index contributed by atoms with van der Waals surface area (Å²) in [5.41, 5.74) is 5.43. The van der Waals surface area contributed by atoms with E-state index in [1.165, 1.54) is 47.8 Å². The average Bonchev–Trinajstić information content (AvgIpc) is 3.25. The van der Waals surface area contributed by atoms with Crippen LogP contribution in [0.2, 0.25) is 0 Å². The molecule has 8 aromatic rings. The van der Waals surface area contributed by atoms with Crippen molar-refractivity contribution in [2.24, 2.45) is 0 Å². The van der Waals surface area contributed by atoms with Gasteiger partial charge < -0.3 is 14.4 Å². The summed E-state index contributed by atoms with van der Waals surface area (Å²) >= 11 is 0. The van der Waals surface area contributed by atoms with E-state index in [0.29, 0.717) is 0 Å². The lowest BCUT2D eigenvalue weighted by molar-refractivity contribution is 0.418. The highest BCUT2D eigenvalue weighted by atomic mass is 31.1. The Morgan fingerprint density at radius 2 is 0.982 bits per heavy atom. The minimum absolute atomic E-state index is 0.221. The van der Waals surface area contributed by atoms with E-state index in [1.54, 1.807) is 0 Å². The molecule has 0 saturated heterocycles. The summed E-state index contributed by atoms with van der Waals surface area (Å²) in [6.45, 7) is 4.67. The molecule has 268 valence electrons. The number of ether oxygens (including phenoxy) is 2. The van der Waals surface area contributed by atoms with E-state index in [4.69, 9.17) is 9.47 Å². The zero-order valence-electron chi connectivity index (χ0n) is 31.2. The molecule has 0 fully saturated rings. The molecule has 0 bridgehead atoms. The van der Waals surface area contributed by atoms with Crippen LogP contribution in [-0.4, -0.2) is 8.07 Å². The van der Waals surface area contributed by atoms with Crippen LogP contribution in [0.25, 0.3) is 0 Å². The molecule has 0 radical (unpaired) electrons. The van der Waals surface area contributed by atoms with Gasteiger partial charge in [0.25, 0.3) is 0 Å². The lowest BCUT2D eigenvalue weighted by atomic mass is 9.76. The predicted molar refractivity (Wildman–Crippen MR) is 236 cm³/mol. The minimum atomic E-state index is -2.90. The molecule has 1 unspecified atom stereocenters. The van der Waals surface area contributed by atoms with Crippen LogP contribution in [0.4, 0.5) is 17.1 Å². The minimum Gasteiger partial charge on any atom is -0.457 e. The average molecular weight is 756 g/mol. The van der Waals surface area contributed by atoms with Crippen LogP contribution in [0, 0.1) is 0 Å². The molecule has 0 saturated carbocycles. The molecule has 3 aliphatic rings. The smallest absolute Gasteiger partial charge is 0.181 e. The third-order valence-electron chi connectivity index (χ3n) is 12.0. The van der Waals surface area contributed by atoms with E-state index >= 15 is 0 Å². The second-order valence-corrected chi connectivity index (χ2v) is 21.2. The van der Waals surface area contributed by atoms with E-state index in [0.717, 1.165) is 40.1 Å². The van der Waals surface area contributed by atoms with Gasteiger partial charge in [-0.15, -0.1) is 0 Å². The predicted octanol–water partition coefficient (Wildman–Crippen LogP) is 9.14. The number of hydrogen-bond donors (Lipinski definition) is 0. The highest BCUT2D eigenvalue weighted by Crippen LogP contribution is 2.51. The van der Waals surface area contributed by atoms with Crippen LogP contribution in [-0.2, 0) is 5.41 Å². The second kappa shape index (κ2) is 12.7. The van der Waals surface area contributed by atoms with Crippen molar-refractivity contribution < 1.29 is 9.47 Å². The number of para-hydroxylation sites is 5. The van der Waals surface area contributed by atoms with Crippen molar-refractivity contribution in [1.82, 2.24) is 0 Å². The fourth-order valence-electron chi connectivity index (χ4n) is 9.42. The summed E-state index contributed by atoms with van der Waals surface area (Å²) in [4.78, 5) is 2.39. The SMILES string of the molecule is CC1(C)c2ccccc2Oc2ccc(P3c4ccccc4[Si](c4ccccc4)(c4ccccc4)c4cc(N5c6ccccc6Oc6ccccc65)ccc43)cc21. The van der Waals surface area contributed by atoms with Crippen molar-refractivity contribution in [2.45, 2.75) is 19.3 Å². The fourth-order valence-corrected chi connectivity index (χ4v) is 18.4. The van der Waals surface area contributed by atoms with Gasteiger partial charge in [0.2, 0.25) is 0 Å². The van der Waals surface area contributed by atoms with E-state index in [9.17, 15) is 0 Å². The molecule has 11 rings (SSSR count). The first kappa shape index (κ1) is 33.2. The van der Waals surface area contributed by atoms with Gasteiger partial charge >= 0.3 is 0 Å². The highest BCUT2D eigenvalue weighted by Gasteiger charge is 2.50. The van der Waals surface area contributed by atoms with Crippen molar-refractivity contribution in [3.8, 4) is 23.0 Å². The summed E-state index contributed by atoms with van der Waals surface area (Å²) in [6.07, 6.45) is 0. The van der Waals surface area contributed by atoms with Crippen LogP contribution in [0.3, 0.4) is 0 Å². The first-order valence-electron chi connectivity index (χ1n) is 19.3. The molecular weight excluding hydrogens is 718 g/mol. The molecule has 3 aliphatic heterocycles. The molecule has 0 spiro atoms. The van der Waals surface area contributed by atoms with Gasteiger partial charge in [-0.1, -0.05) is 153 Å². The summed E-state index contributed by atoms with van der Waals surface area (Å²) in [6, 6.07) is 71.6. The molecule has 8 aromatic carbocycles. The number of nitrogens with zero attached hydrogens (tertiary/aromatic N) is 1. The molecule has 5 heteroatoms. The van der Waals surface area contributed by atoms with Crippen molar-refractivity contribution in [2.75, 3.05) is 4.90 Å². The van der Waals surface area contributed by atoms with Gasteiger partial charge in [0.05, 0.1) is 11.4 Å². The third kappa shape index (κ3) is 4.79. The third-order valence-corrected chi connectivity index (χ3v) is 19.8. The molecule has 0 aromatic heterocycles. The zero-order valence-corrected chi connectivity index (χ0v) is 33.1. The van der Waals surface area contributed by atoms with Crippen LogP contribution in [0.1, 0.15) is 25.0 Å². The lowest BCUT2D eigenvalue weighted by Crippen LogP contribution is -2.81. The van der Waals surface area contributed by atoms with Gasteiger partial charge in [-0.2, -0.15) is 0 Å². The number of fused-ring (bicyclic) bond motifs is 6. The molecule has 3 nitrogen and oxygen atoms in total. The highest BCUT2D eigenvalue weighted by molar-refractivity contribution is 7.81. The first-order chi connectivity index (χ1) is 27.5. The van der Waals surface area contributed by atoms with Crippen molar-refractivity contribution in [3.63, 3.8) is 0 Å². The molecular formula is C51H38NO2PSi. The van der Waals surface area contributed by atoms with E-state index in [1.807, 2.05) is 12.1 Å². The number of hydrogen-bond acceptors (Lipinski definition) is 3. The molecule has 0 N–H and O–H groups in total. The van der Waals surface area contributed by atoms with Gasteiger partial charge in [-0.05, 0) is 99.2 Å². The Labute approximate surface area is 330 Å². The molecule has 3 heterocycles. The summed E-state index contributed by atoms with van der Waals surface area (Å²) < 4.78 is 13.1. The molecule has 0 aliphatic carbocycles. The van der Waals surface area contributed by atoms with Crippen LogP contribution < -0.4 is 51.0 Å². The monoisotopic (exact) mass is 755 g/mol. The lowest BCUT2D eigenvalue weighted by Gasteiger charge is -2.44. The van der Waals surface area contributed by atoms with Gasteiger partial charge in [-0.25, -0.2) is 0 Å². The summed E-state index contributed by atoms with van der Waals surface area (Å²) in [5, 5.41) is 9.82. The van der Waals surface area contributed by atoms with Gasteiger partial charge in [-0.3, -0.25) is 0 Å². The maximum absolute atomic E-state index is 6.58. The van der Waals surface area contributed by atoms with Crippen LogP contribution >= 0.6 is 7.92 Å². The zero-order chi connectivity index (χ0) is 37.4. The normalized spacial score (nSPS) is 16.4. The quantitative estimate of drug-likeness (QED) is 0.132. The van der Waals surface area contributed by atoms with E-state index < -0.39 is 16.0 Å². The van der Waals surface area contributed by atoms with Crippen molar-refractivity contribution in [1.29, 1.82) is 0 Å². The van der Waals surface area contributed by atoms with Gasteiger partial charge in [0, 0.05) is 22.2 Å². The maximum Gasteiger partial charge on any atom is 0.181 e. The number of rotatable bonds is 4.